The zero-order chi connectivity index (χ0) is 21.6. The molecule has 0 fully saturated rings. The van der Waals surface area contributed by atoms with Crippen molar-refractivity contribution in [1.82, 2.24) is 0 Å². The molecule has 11 heteroatoms. The number of nitro benzene ring substituents is 1. The van der Waals surface area contributed by atoms with Gasteiger partial charge in [-0.25, -0.2) is 0 Å². The average molecular weight is 411 g/mol. The third-order valence-corrected chi connectivity index (χ3v) is 3.61. The lowest BCUT2D eigenvalue weighted by atomic mass is 10.1. The van der Waals surface area contributed by atoms with Crippen LogP contribution in [0.1, 0.15) is 11.1 Å². The minimum atomic E-state index is -4.74. The number of carbonyl (C=O) groups excluding carboxylic acids is 2. The van der Waals surface area contributed by atoms with Crippen LogP contribution in [0.25, 0.3) is 0 Å². The Morgan fingerprint density at radius 1 is 1.17 bits per heavy atom. The van der Waals surface area contributed by atoms with Crippen molar-refractivity contribution in [2.24, 2.45) is 0 Å². The molecule has 0 saturated carbocycles. The summed E-state index contributed by atoms with van der Waals surface area (Å²) in [4.78, 5) is 33.5. The molecule has 0 saturated heterocycles. The minimum Gasteiger partial charge on any atom is -0.454 e. The first kappa shape index (κ1) is 21.7. The van der Waals surface area contributed by atoms with Crippen molar-refractivity contribution in [2.75, 3.05) is 23.8 Å². The number of nitrogens with one attached hydrogen (secondary N) is 2. The normalized spacial score (nSPS) is 10.9. The van der Waals surface area contributed by atoms with E-state index in [0.29, 0.717) is 17.8 Å². The van der Waals surface area contributed by atoms with Gasteiger partial charge in [-0.1, -0.05) is 12.1 Å². The van der Waals surface area contributed by atoms with Crippen LogP contribution in [0.15, 0.2) is 42.5 Å². The van der Waals surface area contributed by atoms with Gasteiger partial charge < -0.3 is 15.4 Å². The third-order valence-electron chi connectivity index (χ3n) is 3.61. The van der Waals surface area contributed by atoms with E-state index < -0.39 is 47.4 Å². The summed E-state index contributed by atoms with van der Waals surface area (Å²) in [5.41, 5.74) is -0.884. The molecule has 154 valence electrons. The summed E-state index contributed by atoms with van der Waals surface area (Å²) in [6, 6.07) is 8.79. The van der Waals surface area contributed by atoms with Gasteiger partial charge >= 0.3 is 12.1 Å². The number of hydrogen-bond acceptors (Lipinski definition) is 6. The van der Waals surface area contributed by atoms with E-state index >= 15 is 0 Å². The van der Waals surface area contributed by atoms with Crippen molar-refractivity contribution >= 4 is 28.9 Å². The summed E-state index contributed by atoms with van der Waals surface area (Å²) in [6.07, 6.45) is -4.74. The fraction of sp³-hybridized carbons (Fsp3) is 0.222. The highest BCUT2D eigenvalue weighted by Crippen LogP contribution is 2.34. The Bertz CT molecular complexity index is 931. The van der Waals surface area contributed by atoms with Crippen molar-refractivity contribution in [3.63, 3.8) is 0 Å². The molecule has 0 radical (unpaired) electrons. The third kappa shape index (κ3) is 6.48. The van der Waals surface area contributed by atoms with Gasteiger partial charge in [0.1, 0.15) is 12.2 Å². The lowest BCUT2D eigenvalue weighted by molar-refractivity contribution is -0.384. The van der Waals surface area contributed by atoms with E-state index in [2.05, 4.69) is 10.6 Å². The Hall–Kier alpha value is -3.63. The van der Waals surface area contributed by atoms with Crippen molar-refractivity contribution in [2.45, 2.75) is 13.1 Å². The Balaban J connectivity index is 1.90. The van der Waals surface area contributed by atoms with Crippen LogP contribution in [-0.4, -0.2) is 30.0 Å². The number of nitrogens with zero attached hydrogens (tertiary/aromatic N) is 1. The van der Waals surface area contributed by atoms with Gasteiger partial charge in [0.05, 0.1) is 10.5 Å². The van der Waals surface area contributed by atoms with Gasteiger partial charge in [-0.2, -0.15) is 13.2 Å². The highest BCUT2D eigenvalue weighted by atomic mass is 19.4. The molecule has 0 aliphatic rings. The van der Waals surface area contributed by atoms with Crippen molar-refractivity contribution < 1.29 is 32.4 Å². The molecular formula is C18H16F3N3O5. The topological polar surface area (TPSA) is 111 Å². The lowest BCUT2D eigenvalue weighted by Gasteiger charge is -2.11. The van der Waals surface area contributed by atoms with E-state index in [4.69, 9.17) is 4.74 Å². The molecule has 0 aliphatic heterocycles. The number of nitro groups is 1. The molecule has 8 nitrogen and oxygen atoms in total. The maximum Gasteiger partial charge on any atom is 0.416 e. The molecule has 0 atom stereocenters. The number of amides is 1. The van der Waals surface area contributed by atoms with E-state index in [1.54, 1.807) is 18.2 Å². The molecule has 0 spiro atoms. The van der Waals surface area contributed by atoms with Crippen LogP contribution in [0.3, 0.4) is 0 Å². The highest BCUT2D eigenvalue weighted by Gasteiger charge is 2.33. The number of hydrogen-bond donors (Lipinski definition) is 2. The van der Waals surface area contributed by atoms with Gasteiger partial charge in [0.15, 0.2) is 6.61 Å². The number of rotatable bonds is 7. The van der Waals surface area contributed by atoms with E-state index in [0.717, 1.165) is 11.6 Å². The Kier molecular flexibility index (Phi) is 6.75. The fourth-order valence-corrected chi connectivity index (χ4v) is 2.29. The second-order valence-corrected chi connectivity index (χ2v) is 5.92. The number of halogens is 3. The molecule has 1 amide bonds. The summed E-state index contributed by atoms with van der Waals surface area (Å²) in [5.74, 6) is -1.51. The van der Waals surface area contributed by atoms with E-state index in [9.17, 15) is 32.9 Å². The number of ether oxygens (including phenoxy) is 1. The molecule has 0 aliphatic carbocycles. The van der Waals surface area contributed by atoms with Gasteiger partial charge in [0, 0.05) is 11.8 Å². The smallest absolute Gasteiger partial charge is 0.416 e. The quantitative estimate of drug-likeness (QED) is 0.410. The van der Waals surface area contributed by atoms with Crippen LogP contribution in [0.2, 0.25) is 0 Å². The summed E-state index contributed by atoms with van der Waals surface area (Å²) >= 11 is 0. The predicted octanol–water partition coefficient (Wildman–Crippen LogP) is 3.52. The van der Waals surface area contributed by atoms with Crippen LogP contribution in [0.4, 0.5) is 30.2 Å². The summed E-state index contributed by atoms with van der Waals surface area (Å²) in [6.45, 7) is 0.662. The molecule has 2 N–H and O–H groups in total. The number of carbonyl (C=O) groups is 2. The van der Waals surface area contributed by atoms with Gasteiger partial charge in [0.25, 0.3) is 11.6 Å². The van der Waals surface area contributed by atoms with Gasteiger partial charge in [-0.3, -0.25) is 19.7 Å². The van der Waals surface area contributed by atoms with Crippen LogP contribution in [0, 0.1) is 17.0 Å². The second kappa shape index (κ2) is 9.04. The van der Waals surface area contributed by atoms with Crippen molar-refractivity contribution in [3.8, 4) is 0 Å². The largest absolute Gasteiger partial charge is 0.454 e. The second-order valence-electron chi connectivity index (χ2n) is 5.92. The SMILES string of the molecule is Cc1cccc(NC(=O)COC(=O)CNc2ccc(C(F)(F)F)cc2[N+](=O)[O-])c1. The Morgan fingerprint density at radius 2 is 1.90 bits per heavy atom. The minimum absolute atomic E-state index is 0.288. The molecule has 2 rings (SSSR count). The predicted molar refractivity (Wildman–Crippen MR) is 97.4 cm³/mol. The van der Waals surface area contributed by atoms with E-state index in [-0.39, 0.29) is 5.69 Å². The summed E-state index contributed by atoms with van der Waals surface area (Å²) < 4.78 is 42.8. The molecule has 0 aromatic heterocycles. The maximum absolute atomic E-state index is 12.7. The number of esters is 1. The molecule has 0 unspecified atom stereocenters. The number of benzene rings is 2. The molecule has 0 heterocycles. The van der Waals surface area contributed by atoms with Crippen LogP contribution in [-0.2, 0) is 20.5 Å². The molecule has 29 heavy (non-hydrogen) atoms. The first-order valence-electron chi connectivity index (χ1n) is 8.18. The zero-order valence-corrected chi connectivity index (χ0v) is 15.1. The van der Waals surface area contributed by atoms with Crippen molar-refractivity contribution in [3.05, 3.63) is 63.7 Å². The lowest BCUT2D eigenvalue weighted by Crippen LogP contribution is -2.24. The fourth-order valence-electron chi connectivity index (χ4n) is 2.29. The summed E-state index contributed by atoms with van der Waals surface area (Å²) in [7, 11) is 0. The molecule has 0 bridgehead atoms. The monoisotopic (exact) mass is 411 g/mol. The Morgan fingerprint density at radius 3 is 2.52 bits per heavy atom. The van der Waals surface area contributed by atoms with E-state index in [1.165, 1.54) is 0 Å². The number of alkyl halides is 3. The van der Waals surface area contributed by atoms with Crippen LogP contribution >= 0.6 is 0 Å². The number of anilines is 2. The van der Waals surface area contributed by atoms with Crippen molar-refractivity contribution in [1.29, 1.82) is 0 Å². The Labute approximate surface area is 162 Å². The maximum atomic E-state index is 12.7. The van der Waals surface area contributed by atoms with Gasteiger partial charge in [0.2, 0.25) is 0 Å². The molecular weight excluding hydrogens is 395 g/mol. The van der Waals surface area contributed by atoms with Crippen LogP contribution in [0.5, 0.6) is 0 Å². The number of aryl methyl sites for hydroxylation is 1. The van der Waals surface area contributed by atoms with Crippen LogP contribution < -0.4 is 10.6 Å². The first-order chi connectivity index (χ1) is 13.6. The summed E-state index contributed by atoms with van der Waals surface area (Å²) in [5, 5.41) is 15.8. The van der Waals surface area contributed by atoms with Gasteiger partial charge in [-0.15, -0.1) is 0 Å². The average Bonchev–Trinajstić information content (AvgIpc) is 2.63. The first-order valence-corrected chi connectivity index (χ1v) is 8.18. The standard InChI is InChI=1S/C18H16F3N3O5/c1-11-3-2-4-13(7-11)23-16(25)10-29-17(26)9-22-14-6-5-12(18(19,20)21)8-15(14)24(27)28/h2-8,22H,9-10H2,1H3,(H,23,25). The zero-order valence-electron chi connectivity index (χ0n) is 15.1. The van der Waals surface area contributed by atoms with Gasteiger partial charge in [-0.05, 0) is 36.8 Å². The molecule has 2 aromatic carbocycles. The highest BCUT2D eigenvalue weighted by molar-refractivity contribution is 5.93. The molecule has 2 aromatic rings. The van der Waals surface area contributed by atoms with E-state index in [1.807, 2.05) is 13.0 Å².